The summed E-state index contributed by atoms with van der Waals surface area (Å²) < 4.78 is 5.43. The number of piperidine rings is 1. The van der Waals surface area contributed by atoms with Gasteiger partial charge in [0.05, 0.1) is 13.2 Å². The highest BCUT2D eigenvalue weighted by Gasteiger charge is 2.25. The summed E-state index contributed by atoms with van der Waals surface area (Å²) in [6.07, 6.45) is 4.07. The van der Waals surface area contributed by atoms with E-state index in [9.17, 15) is 0 Å². The largest absolute Gasteiger partial charge is 0.378 e. The molecular formula is C20H28N6O. The van der Waals surface area contributed by atoms with E-state index < -0.39 is 0 Å². The van der Waals surface area contributed by atoms with E-state index in [1.54, 1.807) is 0 Å². The summed E-state index contributed by atoms with van der Waals surface area (Å²) >= 11 is 0. The number of anilines is 3. The maximum absolute atomic E-state index is 5.43. The maximum Gasteiger partial charge on any atom is 0.227 e. The minimum Gasteiger partial charge on any atom is -0.378 e. The van der Waals surface area contributed by atoms with Crippen molar-refractivity contribution in [3.8, 4) is 0 Å². The molecule has 144 valence electrons. The highest BCUT2D eigenvalue weighted by molar-refractivity contribution is 5.45. The van der Waals surface area contributed by atoms with Crippen LogP contribution < -0.4 is 14.7 Å². The van der Waals surface area contributed by atoms with Crippen molar-refractivity contribution in [1.82, 2.24) is 15.0 Å². The molecule has 7 heteroatoms. The van der Waals surface area contributed by atoms with Gasteiger partial charge in [-0.3, -0.25) is 0 Å². The van der Waals surface area contributed by atoms with E-state index in [2.05, 4.69) is 43.8 Å². The zero-order chi connectivity index (χ0) is 18.6. The fourth-order valence-electron chi connectivity index (χ4n) is 3.83. The van der Waals surface area contributed by atoms with Crippen LogP contribution in [0.1, 0.15) is 18.5 Å². The van der Waals surface area contributed by atoms with Crippen molar-refractivity contribution in [3.63, 3.8) is 0 Å². The van der Waals surface area contributed by atoms with Crippen LogP contribution in [0.25, 0.3) is 0 Å². The van der Waals surface area contributed by atoms with E-state index in [0.29, 0.717) is 6.04 Å². The number of aromatic nitrogens is 3. The van der Waals surface area contributed by atoms with Crippen LogP contribution in [0.2, 0.25) is 0 Å². The standard InChI is InChI=1S/C20H28N6O/c1-16-4-3-5-19(22-16)25-10-7-17(8-11-25)24(2)18-6-9-21-20(23-18)26-12-14-27-15-13-26/h3-6,9,17H,7-8,10-15H2,1-2H3. The number of nitrogens with zero attached hydrogens (tertiary/aromatic N) is 6. The lowest BCUT2D eigenvalue weighted by Gasteiger charge is -2.38. The molecule has 0 unspecified atom stereocenters. The van der Waals surface area contributed by atoms with Gasteiger partial charge in [-0.2, -0.15) is 4.98 Å². The Labute approximate surface area is 161 Å². The van der Waals surface area contributed by atoms with Gasteiger partial charge in [0.2, 0.25) is 5.95 Å². The second-order valence-corrected chi connectivity index (χ2v) is 7.28. The summed E-state index contributed by atoms with van der Waals surface area (Å²) in [5, 5.41) is 0. The lowest BCUT2D eigenvalue weighted by Crippen LogP contribution is -2.44. The summed E-state index contributed by atoms with van der Waals surface area (Å²) in [5.74, 6) is 2.90. The molecular weight excluding hydrogens is 340 g/mol. The van der Waals surface area contributed by atoms with Crippen molar-refractivity contribution in [2.24, 2.45) is 0 Å². The number of morpholine rings is 1. The average Bonchev–Trinajstić information content (AvgIpc) is 2.74. The quantitative estimate of drug-likeness (QED) is 0.819. The lowest BCUT2D eigenvalue weighted by atomic mass is 10.0. The predicted molar refractivity (Wildman–Crippen MR) is 108 cm³/mol. The first-order chi connectivity index (χ1) is 13.2. The minimum atomic E-state index is 0.485. The third kappa shape index (κ3) is 4.13. The second-order valence-electron chi connectivity index (χ2n) is 7.28. The van der Waals surface area contributed by atoms with Crippen LogP contribution in [-0.4, -0.2) is 67.4 Å². The number of hydrogen-bond acceptors (Lipinski definition) is 7. The van der Waals surface area contributed by atoms with Crippen molar-refractivity contribution in [2.45, 2.75) is 25.8 Å². The fourth-order valence-corrected chi connectivity index (χ4v) is 3.83. The Morgan fingerprint density at radius 2 is 1.78 bits per heavy atom. The van der Waals surface area contributed by atoms with Crippen LogP contribution in [0.3, 0.4) is 0 Å². The van der Waals surface area contributed by atoms with Gasteiger partial charge in [0.15, 0.2) is 0 Å². The third-order valence-electron chi connectivity index (χ3n) is 5.49. The van der Waals surface area contributed by atoms with E-state index in [4.69, 9.17) is 9.72 Å². The molecule has 4 heterocycles. The summed E-state index contributed by atoms with van der Waals surface area (Å²) in [7, 11) is 2.15. The second kappa shape index (κ2) is 8.08. The third-order valence-corrected chi connectivity index (χ3v) is 5.49. The van der Waals surface area contributed by atoms with Crippen molar-refractivity contribution < 1.29 is 4.74 Å². The monoisotopic (exact) mass is 368 g/mol. The van der Waals surface area contributed by atoms with E-state index in [1.807, 2.05) is 25.3 Å². The molecule has 27 heavy (non-hydrogen) atoms. The van der Waals surface area contributed by atoms with Crippen LogP contribution in [0.4, 0.5) is 17.6 Å². The molecule has 0 radical (unpaired) electrons. The number of rotatable bonds is 4. The molecule has 0 saturated carbocycles. The molecule has 0 amide bonds. The van der Waals surface area contributed by atoms with E-state index in [0.717, 1.165) is 75.5 Å². The van der Waals surface area contributed by atoms with Crippen molar-refractivity contribution in [2.75, 3.05) is 61.1 Å². The average molecular weight is 368 g/mol. The van der Waals surface area contributed by atoms with Crippen molar-refractivity contribution >= 4 is 17.6 Å². The van der Waals surface area contributed by atoms with Crippen molar-refractivity contribution in [1.29, 1.82) is 0 Å². The normalized spacial score (nSPS) is 18.6. The fraction of sp³-hybridized carbons (Fsp3) is 0.550. The smallest absolute Gasteiger partial charge is 0.227 e. The van der Waals surface area contributed by atoms with Gasteiger partial charge in [0.1, 0.15) is 11.6 Å². The Morgan fingerprint density at radius 1 is 1.00 bits per heavy atom. The number of pyridine rings is 1. The SMILES string of the molecule is Cc1cccc(N2CCC(N(C)c3ccnc(N4CCOCC4)n3)CC2)n1. The Balaban J connectivity index is 1.40. The molecule has 2 fully saturated rings. The molecule has 2 aliphatic heterocycles. The molecule has 4 rings (SSSR count). The Kier molecular flexibility index (Phi) is 5.38. The predicted octanol–water partition coefficient (Wildman–Crippen LogP) is 2.12. The van der Waals surface area contributed by atoms with Gasteiger partial charge in [0, 0.05) is 51.2 Å². The van der Waals surface area contributed by atoms with Gasteiger partial charge in [-0.05, 0) is 38.0 Å². The van der Waals surface area contributed by atoms with Crippen LogP contribution >= 0.6 is 0 Å². The molecule has 0 bridgehead atoms. The molecule has 0 aromatic carbocycles. The molecule has 0 N–H and O–H groups in total. The first-order valence-electron chi connectivity index (χ1n) is 9.78. The summed E-state index contributed by atoms with van der Waals surface area (Å²) in [6, 6.07) is 8.74. The Morgan fingerprint density at radius 3 is 2.52 bits per heavy atom. The van der Waals surface area contributed by atoms with Crippen LogP contribution in [-0.2, 0) is 4.74 Å². The number of ether oxygens (including phenoxy) is 1. The first-order valence-corrected chi connectivity index (χ1v) is 9.78. The lowest BCUT2D eigenvalue weighted by molar-refractivity contribution is 0.122. The molecule has 7 nitrogen and oxygen atoms in total. The van der Waals surface area contributed by atoms with Crippen LogP contribution in [0, 0.1) is 6.92 Å². The van der Waals surface area contributed by atoms with Gasteiger partial charge in [-0.15, -0.1) is 0 Å². The highest BCUT2D eigenvalue weighted by Crippen LogP contribution is 2.24. The minimum absolute atomic E-state index is 0.485. The van der Waals surface area contributed by atoms with Gasteiger partial charge >= 0.3 is 0 Å². The molecule has 2 aromatic rings. The van der Waals surface area contributed by atoms with Crippen molar-refractivity contribution in [3.05, 3.63) is 36.2 Å². The maximum atomic E-state index is 5.43. The van der Waals surface area contributed by atoms with E-state index >= 15 is 0 Å². The van der Waals surface area contributed by atoms with Crippen LogP contribution in [0.5, 0.6) is 0 Å². The molecule has 0 spiro atoms. The zero-order valence-corrected chi connectivity index (χ0v) is 16.2. The molecule has 2 aromatic heterocycles. The van der Waals surface area contributed by atoms with Gasteiger partial charge < -0.3 is 19.4 Å². The van der Waals surface area contributed by atoms with Gasteiger partial charge in [0.25, 0.3) is 0 Å². The molecule has 2 aliphatic rings. The summed E-state index contributed by atoms with van der Waals surface area (Å²) in [6.45, 7) is 7.29. The summed E-state index contributed by atoms with van der Waals surface area (Å²) in [5.41, 5.74) is 1.07. The van der Waals surface area contributed by atoms with E-state index in [1.165, 1.54) is 0 Å². The zero-order valence-electron chi connectivity index (χ0n) is 16.2. The summed E-state index contributed by atoms with van der Waals surface area (Å²) in [4.78, 5) is 20.8. The molecule has 0 atom stereocenters. The number of aryl methyl sites for hydroxylation is 1. The van der Waals surface area contributed by atoms with Gasteiger partial charge in [-0.1, -0.05) is 6.07 Å². The molecule has 0 aliphatic carbocycles. The van der Waals surface area contributed by atoms with Crippen LogP contribution in [0.15, 0.2) is 30.5 Å². The van der Waals surface area contributed by atoms with E-state index in [-0.39, 0.29) is 0 Å². The Hall–Kier alpha value is -2.41. The Bertz CT molecular complexity index is 756. The highest BCUT2D eigenvalue weighted by atomic mass is 16.5. The molecule has 2 saturated heterocycles. The topological polar surface area (TPSA) is 57.6 Å². The van der Waals surface area contributed by atoms with Gasteiger partial charge in [-0.25, -0.2) is 9.97 Å². The first kappa shape index (κ1) is 18.0. The number of hydrogen-bond donors (Lipinski definition) is 0.